The van der Waals surface area contributed by atoms with E-state index in [2.05, 4.69) is 22.2 Å². The maximum Gasteiger partial charge on any atom is 0.142 e. The summed E-state index contributed by atoms with van der Waals surface area (Å²) in [5.41, 5.74) is 1.99. The van der Waals surface area contributed by atoms with Crippen LogP contribution in [0.25, 0.3) is 11.0 Å². The molecule has 1 aliphatic heterocycles. The lowest BCUT2D eigenvalue weighted by atomic mass is 9.93. The van der Waals surface area contributed by atoms with Crippen LogP contribution >= 0.6 is 36.0 Å². The highest BCUT2D eigenvalue weighted by Crippen LogP contribution is 2.47. The van der Waals surface area contributed by atoms with Gasteiger partial charge >= 0.3 is 0 Å². The summed E-state index contributed by atoms with van der Waals surface area (Å²) < 4.78 is 15.6. The van der Waals surface area contributed by atoms with Crippen molar-refractivity contribution >= 4 is 53.3 Å². The fraction of sp³-hybridized carbons (Fsp3) is 0.263. The zero-order valence-electron chi connectivity index (χ0n) is 13.8. The lowest BCUT2D eigenvalue weighted by Gasteiger charge is -2.25. The third-order valence-corrected chi connectivity index (χ3v) is 6.71. The molecule has 0 aliphatic carbocycles. The smallest absolute Gasteiger partial charge is 0.142 e. The van der Waals surface area contributed by atoms with Crippen molar-refractivity contribution in [3.05, 3.63) is 47.0 Å². The van der Waals surface area contributed by atoms with Gasteiger partial charge in [0.25, 0.3) is 0 Å². The molecule has 0 saturated heterocycles. The monoisotopic (exact) mass is 406 g/mol. The van der Waals surface area contributed by atoms with Gasteiger partial charge in [-0.3, -0.25) is 0 Å². The van der Waals surface area contributed by atoms with Crippen LogP contribution in [0.2, 0.25) is 5.02 Å². The first kappa shape index (κ1) is 17.9. The summed E-state index contributed by atoms with van der Waals surface area (Å²) in [5, 5.41) is 1.34. The molecule has 1 unspecified atom stereocenters. The first-order valence-electron chi connectivity index (χ1n) is 8.36. The Morgan fingerprint density at radius 1 is 1.42 bits per heavy atom. The maximum absolute atomic E-state index is 13.4. The molecule has 0 fully saturated rings. The highest BCUT2D eigenvalue weighted by Gasteiger charge is 2.29. The Morgan fingerprint density at radius 3 is 3.04 bits per heavy atom. The molecule has 1 aliphatic rings. The number of fused-ring (bicyclic) bond motifs is 3. The summed E-state index contributed by atoms with van der Waals surface area (Å²) in [6.07, 6.45) is 5.17. The van der Waals surface area contributed by atoms with Crippen molar-refractivity contribution in [2.24, 2.45) is 0 Å². The number of carbonyl (C=O) groups excluding carboxylic acids is 1. The van der Waals surface area contributed by atoms with Gasteiger partial charge in [-0.25, -0.2) is 9.37 Å². The quantitative estimate of drug-likeness (QED) is 0.443. The van der Waals surface area contributed by atoms with E-state index in [9.17, 15) is 9.18 Å². The van der Waals surface area contributed by atoms with E-state index in [1.165, 1.54) is 23.9 Å². The number of pyridine rings is 1. The number of rotatable bonds is 4. The summed E-state index contributed by atoms with van der Waals surface area (Å²) in [6, 6.07) is 6.27. The van der Waals surface area contributed by atoms with Crippen LogP contribution in [-0.4, -0.2) is 15.8 Å². The number of hydrogen-bond acceptors (Lipinski definition) is 4. The van der Waals surface area contributed by atoms with Crippen molar-refractivity contribution in [1.82, 2.24) is 9.55 Å². The first-order valence-corrected chi connectivity index (χ1v) is 10.0. The molecular weight excluding hydrogens is 391 g/mol. The molecule has 1 atom stereocenters. The topological polar surface area (TPSA) is 34.9 Å². The number of halogens is 2. The van der Waals surface area contributed by atoms with E-state index < -0.39 is 0 Å². The largest absolute Gasteiger partial charge is 0.328 e. The molecule has 0 radical (unpaired) electrons. The zero-order valence-corrected chi connectivity index (χ0v) is 16.3. The predicted octanol–water partition coefficient (Wildman–Crippen LogP) is 5.74. The van der Waals surface area contributed by atoms with Crippen LogP contribution in [0, 0.1) is 5.82 Å². The molecule has 0 bridgehead atoms. The molecule has 3 aromatic rings. The van der Waals surface area contributed by atoms with Gasteiger partial charge in [-0.05, 0) is 37.1 Å². The Bertz CT molecular complexity index is 1000. The second-order valence-corrected chi connectivity index (χ2v) is 8.25. The molecule has 4 rings (SSSR count). The standard InChI is InChI=1S/C19H16ClFN2OS2/c20-13-10-12(21)3-4-15(13)26-18-16-14(25)5-7-22-19(16)23-8-1-2-11(6-9-24)17(18)23/h3-5,7,9-11H,1-2,6,8H2,(H,22,25). The fourth-order valence-electron chi connectivity index (χ4n) is 3.61. The molecule has 0 N–H and O–H groups in total. The van der Waals surface area contributed by atoms with Crippen LogP contribution in [0.5, 0.6) is 0 Å². The predicted molar refractivity (Wildman–Crippen MR) is 105 cm³/mol. The van der Waals surface area contributed by atoms with Gasteiger partial charge in [0.2, 0.25) is 0 Å². The van der Waals surface area contributed by atoms with Gasteiger partial charge in [0.15, 0.2) is 0 Å². The summed E-state index contributed by atoms with van der Waals surface area (Å²) in [7, 11) is 0. The van der Waals surface area contributed by atoms with E-state index in [-0.39, 0.29) is 11.7 Å². The minimum Gasteiger partial charge on any atom is -0.328 e. The number of aryl methyl sites for hydroxylation is 1. The second kappa shape index (κ2) is 7.25. The van der Waals surface area contributed by atoms with Crippen molar-refractivity contribution in [1.29, 1.82) is 0 Å². The highest BCUT2D eigenvalue weighted by atomic mass is 35.5. The number of thiol groups is 1. The van der Waals surface area contributed by atoms with Gasteiger partial charge in [0.05, 0.1) is 5.02 Å². The van der Waals surface area contributed by atoms with Crippen molar-refractivity contribution in [3.8, 4) is 0 Å². The van der Waals surface area contributed by atoms with E-state index >= 15 is 0 Å². The van der Waals surface area contributed by atoms with Crippen molar-refractivity contribution in [2.45, 2.75) is 46.4 Å². The van der Waals surface area contributed by atoms with Crippen LogP contribution in [0.4, 0.5) is 4.39 Å². The van der Waals surface area contributed by atoms with Crippen LogP contribution in [-0.2, 0) is 11.3 Å². The Balaban J connectivity index is 1.94. The van der Waals surface area contributed by atoms with E-state index in [1.54, 1.807) is 12.3 Å². The van der Waals surface area contributed by atoms with E-state index in [0.717, 1.165) is 57.1 Å². The molecule has 3 nitrogen and oxygen atoms in total. The lowest BCUT2D eigenvalue weighted by Crippen LogP contribution is -2.16. The SMILES string of the molecule is O=CCC1CCCn2c1c(Sc1ccc(F)cc1Cl)c1c(S)ccnc12. The van der Waals surface area contributed by atoms with E-state index in [4.69, 9.17) is 11.6 Å². The van der Waals surface area contributed by atoms with Gasteiger partial charge in [-0.15, -0.1) is 12.6 Å². The van der Waals surface area contributed by atoms with Crippen LogP contribution in [0.1, 0.15) is 30.9 Å². The van der Waals surface area contributed by atoms with Crippen molar-refractivity contribution in [2.75, 3.05) is 0 Å². The fourth-order valence-corrected chi connectivity index (χ4v) is 5.44. The molecule has 7 heteroatoms. The number of hydrogen-bond donors (Lipinski definition) is 1. The van der Waals surface area contributed by atoms with Gasteiger partial charge < -0.3 is 9.36 Å². The number of aromatic nitrogens is 2. The van der Waals surface area contributed by atoms with E-state index in [1.807, 2.05) is 6.07 Å². The second-order valence-electron chi connectivity index (χ2n) is 6.31. The third kappa shape index (κ3) is 3.04. The summed E-state index contributed by atoms with van der Waals surface area (Å²) in [6.45, 7) is 0.864. The summed E-state index contributed by atoms with van der Waals surface area (Å²) in [4.78, 5) is 18.4. The Hall–Kier alpha value is -1.50. The summed E-state index contributed by atoms with van der Waals surface area (Å²) >= 11 is 12.4. The minimum absolute atomic E-state index is 0.143. The van der Waals surface area contributed by atoms with Gasteiger partial charge in [0.1, 0.15) is 17.8 Å². The molecule has 2 aromatic heterocycles. The Labute approximate surface area is 165 Å². The van der Waals surface area contributed by atoms with Crippen LogP contribution in [0.3, 0.4) is 0 Å². The zero-order chi connectivity index (χ0) is 18.3. The van der Waals surface area contributed by atoms with Gasteiger partial charge in [0, 0.05) is 50.8 Å². The van der Waals surface area contributed by atoms with Gasteiger partial charge in [-0.1, -0.05) is 23.4 Å². The molecule has 134 valence electrons. The summed E-state index contributed by atoms with van der Waals surface area (Å²) in [5.74, 6) is -0.219. The number of aldehydes is 1. The highest BCUT2D eigenvalue weighted by molar-refractivity contribution is 7.99. The van der Waals surface area contributed by atoms with Crippen molar-refractivity contribution < 1.29 is 9.18 Å². The maximum atomic E-state index is 13.4. The average molecular weight is 407 g/mol. The molecule has 1 aromatic carbocycles. The molecule has 0 spiro atoms. The number of benzene rings is 1. The first-order chi connectivity index (χ1) is 12.6. The van der Waals surface area contributed by atoms with Gasteiger partial charge in [-0.2, -0.15) is 0 Å². The Morgan fingerprint density at radius 2 is 2.27 bits per heavy atom. The number of carbonyl (C=O) groups is 1. The average Bonchev–Trinajstić information content (AvgIpc) is 2.94. The normalized spacial score (nSPS) is 16.7. The third-order valence-electron chi connectivity index (χ3n) is 4.72. The van der Waals surface area contributed by atoms with Crippen molar-refractivity contribution in [3.63, 3.8) is 0 Å². The molecule has 0 saturated carbocycles. The molecular formula is C19H16ClFN2OS2. The van der Waals surface area contributed by atoms with Crippen LogP contribution in [0.15, 0.2) is 45.1 Å². The molecule has 3 heterocycles. The van der Waals surface area contributed by atoms with Crippen LogP contribution < -0.4 is 0 Å². The number of nitrogens with zero attached hydrogens (tertiary/aromatic N) is 2. The minimum atomic E-state index is -0.362. The van der Waals surface area contributed by atoms with E-state index in [0.29, 0.717) is 11.4 Å². The lowest BCUT2D eigenvalue weighted by molar-refractivity contribution is -0.108. The Kier molecular flexibility index (Phi) is 4.99. The molecule has 0 amide bonds. The molecule has 26 heavy (non-hydrogen) atoms.